The zero-order valence-electron chi connectivity index (χ0n) is 11.1. The van der Waals surface area contributed by atoms with Gasteiger partial charge in [0.25, 0.3) is 5.91 Å². The van der Waals surface area contributed by atoms with E-state index in [0.29, 0.717) is 35.2 Å². The summed E-state index contributed by atoms with van der Waals surface area (Å²) in [4.78, 5) is 24.5. The van der Waals surface area contributed by atoms with Crippen molar-refractivity contribution >= 4 is 23.0 Å². The molecule has 2 heterocycles. The monoisotopic (exact) mass is 303 g/mol. The number of ketones is 1. The molecule has 3 rings (SSSR count). The fraction of sp³-hybridized carbons (Fsp3) is 0.200. The molecule has 0 radical (unpaired) electrons. The Kier molecular flexibility index (Phi) is 3.87. The molecular formula is C15H13NO4S. The smallest absolute Gasteiger partial charge is 0.251 e. The minimum absolute atomic E-state index is 0.0201. The number of carbonyl (C=O) groups excluding carboxylic acids is 2. The molecule has 0 saturated carbocycles. The Morgan fingerprint density at radius 1 is 1.14 bits per heavy atom. The van der Waals surface area contributed by atoms with Crippen molar-refractivity contribution in [2.75, 3.05) is 19.8 Å². The van der Waals surface area contributed by atoms with Crippen molar-refractivity contribution in [2.45, 2.75) is 0 Å². The van der Waals surface area contributed by atoms with Crippen LogP contribution in [0.1, 0.15) is 20.0 Å². The number of rotatable bonds is 4. The van der Waals surface area contributed by atoms with Crippen LogP contribution >= 0.6 is 11.3 Å². The van der Waals surface area contributed by atoms with E-state index in [1.54, 1.807) is 30.3 Å². The Labute approximate surface area is 125 Å². The van der Waals surface area contributed by atoms with Crippen LogP contribution in [0, 0.1) is 0 Å². The average molecular weight is 303 g/mol. The van der Waals surface area contributed by atoms with Crippen LogP contribution in [0.3, 0.4) is 0 Å². The van der Waals surface area contributed by atoms with Gasteiger partial charge in [0.05, 0.1) is 11.4 Å². The fourth-order valence-corrected chi connectivity index (χ4v) is 2.64. The third-order valence-electron chi connectivity index (χ3n) is 3.01. The van der Waals surface area contributed by atoms with Crippen LogP contribution in [0.15, 0.2) is 35.7 Å². The molecule has 0 spiro atoms. The number of nitrogens with one attached hydrogen (secondary N) is 1. The number of carbonyl (C=O) groups is 2. The van der Waals surface area contributed by atoms with E-state index >= 15 is 0 Å². The number of Topliss-reactive ketones (excluding diaryl/α,β-unsaturated/α-hetero) is 1. The molecule has 2 aromatic rings. The number of hydrogen-bond donors (Lipinski definition) is 1. The van der Waals surface area contributed by atoms with Crippen LogP contribution in [-0.4, -0.2) is 31.4 Å². The maximum absolute atomic E-state index is 12.0. The Balaban J connectivity index is 1.64. The summed E-state index contributed by atoms with van der Waals surface area (Å²) >= 11 is 1.36. The first-order valence-electron chi connectivity index (χ1n) is 6.48. The molecule has 1 aromatic carbocycles. The Morgan fingerprint density at radius 3 is 2.71 bits per heavy atom. The van der Waals surface area contributed by atoms with Crippen LogP contribution in [0.4, 0.5) is 0 Å². The molecule has 108 valence electrons. The zero-order chi connectivity index (χ0) is 14.7. The number of thiophene rings is 1. The highest BCUT2D eigenvalue weighted by molar-refractivity contribution is 7.12. The summed E-state index contributed by atoms with van der Waals surface area (Å²) in [5.41, 5.74) is 0.443. The van der Waals surface area contributed by atoms with E-state index in [1.807, 2.05) is 5.38 Å². The number of hydrogen-bond acceptors (Lipinski definition) is 5. The van der Waals surface area contributed by atoms with Gasteiger partial charge in [0.1, 0.15) is 13.2 Å². The first-order valence-corrected chi connectivity index (χ1v) is 7.36. The largest absolute Gasteiger partial charge is 0.486 e. The van der Waals surface area contributed by atoms with Crippen LogP contribution in [-0.2, 0) is 0 Å². The molecule has 0 atom stereocenters. The number of ether oxygens (including phenoxy) is 2. The second kappa shape index (κ2) is 5.97. The molecule has 0 unspecified atom stereocenters. The second-order valence-corrected chi connectivity index (χ2v) is 5.39. The van der Waals surface area contributed by atoms with Crippen molar-refractivity contribution in [3.63, 3.8) is 0 Å². The predicted octanol–water partition coefficient (Wildman–Crippen LogP) is 2.13. The van der Waals surface area contributed by atoms with Crippen LogP contribution in [0.25, 0.3) is 0 Å². The molecule has 1 N–H and O–H groups in total. The van der Waals surface area contributed by atoms with Gasteiger partial charge in [0.2, 0.25) is 0 Å². The summed E-state index contributed by atoms with van der Waals surface area (Å²) < 4.78 is 10.8. The Morgan fingerprint density at radius 2 is 1.95 bits per heavy atom. The maximum atomic E-state index is 12.0. The lowest BCUT2D eigenvalue weighted by atomic mass is 10.1. The lowest BCUT2D eigenvalue weighted by Gasteiger charge is -2.18. The Hall–Kier alpha value is -2.34. The van der Waals surface area contributed by atoms with Gasteiger partial charge < -0.3 is 14.8 Å². The molecule has 6 heteroatoms. The number of fused-ring (bicyclic) bond motifs is 1. The van der Waals surface area contributed by atoms with E-state index in [2.05, 4.69) is 5.32 Å². The molecule has 0 fully saturated rings. The summed E-state index contributed by atoms with van der Waals surface area (Å²) in [5.74, 6) is 0.777. The molecular weight excluding hydrogens is 290 g/mol. The van der Waals surface area contributed by atoms with E-state index in [1.165, 1.54) is 11.3 Å². The zero-order valence-corrected chi connectivity index (χ0v) is 11.9. The number of amides is 1. The van der Waals surface area contributed by atoms with Crippen LogP contribution < -0.4 is 14.8 Å². The van der Waals surface area contributed by atoms with Gasteiger partial charge in [-0.25, -0.2) is 0 Å². The molecule has 5 nitrogen and oxygen atoms in total. The van der Waals surface area contributed by atoms with Crippen LogP contribution in [0.5, 0.6) is 11.5 Å². The van der Waals surface area contributed by atoms with Gasteiger partial charge in [-0.3, -0.25) is 9.59 Å². The SMILES string of the molecule is O=C(NCC(=O)c1cccs1)c1ccc2c(c1)OCCO2. The van der Waals surface area contributed by atoms with Gasteiger partial charge in [-0.2, -0.15) is 0 Å². The first-order chi connectivity index (χ1) is 10.2. The van der Waals surface area contributed by atoms with Crippen molar-refractivity contribution in [1.29, 1.82) is 0 Å². The summed E-state index contributed by atoms with van der Waals surface area (Å²) in [5, 5.41) is 4.44. The molecule has 1 amide bonds. The van der Waals surface area contributed by atoms with Gasteiger partial charge in [-0.05, 0) is 29.6 Å². The topological polar surface area (TPSA) is 64.6 Å². The van der Waals surface area contributed by atoms with Gasteiger partial charge in [0.15, 0.2) is 17.3 Å². The summed E-state index contributed by atoms with van der Waals surface area (Å²) in [6.45, 7) is 0.955. The summed E-state index contributed by atoms with van der Waals surface area (Å²) in [6, 6.07) is 8.52. The highest BCUT2D eigenvalue weighted by atomic mass is 32.1. The fourth-order valence-electron chi connectivity index (χ4n) is 1.97. The van der Waals surface area contributed by atoms with E-state index in [4.69, 9.17) is 9.47 Å². The molecule has 1 aromatic heterocycles. The van der Waals surface area contributed by atoms with Gasteiger partial charge in [-0.15, -0.1) is 11.3 Å². The van der Waals surface area contributed by atoms with Crippen molar-refractivity contribution in [2.24, 2.45) is 0 Å². The average Bonchev–Trinajstić information content (AvgIpc) is 3.06. The number of benzene rings is 1. The minimum Gasteiger partial charge on any atom is -0.486 e. The van der Waals surface area contributed by atoms with Crippen molar-refractivity contribution in [3.05, 3.63) is 46.2 Å². The normalized spacial score (nSPS) is 12.8. The predicted molar refractivity (Wildman–Crippen MR) is 78.4 cm³/mol. The van der Waals surface area contributed by atoms with Gasteiger partial charge in [0, 0.05) is 5.56 Å². The summed E-state index contributed by atoms with van der Waals surface area (Å²) in [6.07, 6.45) is 0. The van der Waals surface area contributed by atoms with Crippen molar-refractivity contribution in [3.8, 4) is 11.5 Å². The highest BCUT2D eigenvalue weighted by Crippen LogP contribution is 2.30. The molecule has 0 bridgehead atoms. The van der Waals surface area contributed by atoms with Crippen LogP contribution in [0.2, 0.25) is 0 Å². The van der Waals surface area contributed by atoms with Gasteiger partial charge >= 0.3 is 0 Å². The first kappa shape index (κ1) is 13.6. The minimum atomic E-state index is -0.308. The molecule has 21 heavy (non-hydrogen) atoms. The Bertz CT molecular complexity index is 666. The highest BCUT2D eigenvalue weighted by Gasteiger charge is 2.15. The third-order valence-corrected chi connectivity index (χ3v) is 3.92. The van der Waals surface area contributed by atoms with E-state index in [9.17, 15) is 9.59 Å². The molecule has 0 aliphatic carbocycles. The molecule has 0 saturated heterocycles. The lowest BCUT2D eigenvalue weighted by Crippen LogP contribution is -2.29. The van der Waals surface area contributed by atoms with E-state index in [-0.39, 0.29) is 18.2 Å². The van der Waals surface area contributed by atoms with Crippen molar-refractivity contribution in [1.82, 2.24) is 5.32 Å². The van der Waals surface area contributed by atoms with E-state index in [0.717, 1.165) is 0 Å². The third kappa shape index (κ3) is 3.05. The van der Waals surface area contributed by atoms with E-state index < -0.39 is 0 Å². The maximum Gasteiger partial charge on any atom is 0.251 e. The molecule has 1 aliphatic rings. The van der Waals surface area contributed by atoms with Crippen molar-refractivity contribution < 1.29 is 19.1 Å². The second-order valence-electron chi connectivity index (χ2n) is 4.44. The summed E-state index contributed by atoms with van der Waals surface area (Å²) in [7, 11) is 0. The standard InChI is InChI=1S/C15H13NO4S/c17-11(14-2-1-7-21-14)9-16-15(18)10-3-4-12-13(8-10)20-6-5-19-12/h1-4,7-8H,5-6,9H2,(H,16,18). The van der Waals surface area contributed by atoms with Gasteiger partial charge in [-0.1, -0.05) is 6.07 Å². The quantitative estimate of drug-likeness (QED) is 0.879. The lowest BCUT2D eigenvalue weighted by molar-refractivity contribution is 0.0905. The molecule has 1 aliphatic heterocycles.